The van der Waals surface area contributed by atoms with Gasteiger partial charge in [-0.3, -0.25) is 9.78 Å². The molecule has 1 aromatic carbocycles. The van der Waals surface area contributed by atoms with Crippen LogP contribution < -0.4 is 10.1 Å². The second-order valence-electron chi connectivity index (χ2n) is 7.94. The molecule has 7 nitrogen and oxygen atoms in total. The number of halogens is 2. The first-order valence-corrected chi connectivity index (χ1v) is 9.99. The van der Waals surface area contributed by atoms with Crippen molar-refractivity contribution in [2.75, 3.05) is 25.5 Å². The summed E-state index contributed by atoms with van der Waals surface area (Å²) in [6.07, 6.45) is 4.59. The molecule has 160 valence electrons. The van der Waals surface area contributed by atoms with Crippen LogP contribution in [-0.4, -0.2) is 53.0 Å². The van der Waals surface area contributed by atoms with Crippen LogP contribution in [0.4, 0.5) is 19.3 Å². The van der Waals surface area contributed by atoms with Gasteiger partial charge < -0.3 is 19.9 Å². The molecule has 0 spiro atoms. The van der Waals surface area contributed by atoms with Gasteiger partial charge in [0.15, 0.2) is 11.6 Å². The van der Waals surface area contributed by atoms with Gasteiger partial charge in [0.25, 0.3) is 0 Å². The van der Waals surface area contributed by atoms with Gasteiger partial charge in [0.1, 0.15) is 12.3 Å². The summed E-state index contributed by atoms with van der Waals surface area (Å²) in [6, 6.07) is 5.35. The zero-order valence-corrected chi connectivity index (χ0v) is 16.8. The van der Waals surface area contributed by atoms with E-state index in [4.69, 9.17) is 4.74 Å². The van der Waals surface area contributed by atoms with Crippen LogP contribution in [0.2, 0.25) is 0 Å². The van der Waals surface area contributed by atoms with Crippen LogP contribution in [0.25, 0.3) is 5.57 Å². The van der Waals surface area contributed by atoms with E-state index in [2.05, 4.69) is 16.4 Å². The fourth-order valence-electron chi connectivity index (χ4n) is 4.56. The maximum Gasteiger partial charge on any atom is 0.322 e. The number of nitrogens with zero attached hydrogens (tertiary/aromatic N) is 3. The number of hydrogen-bond acceptors (Lipinski definition) is 4. The molecule has 1 N–H and O–H groups in total. The first kappa shape index (κ1) is 19.5. The van der Waals surface area contributed by atoms with Gasteiger partial charge in [-0.1, -0.05) is 6.08 Å². The maximum absolute atomic E-state index is 14.2. The summed E-state index contributed by atoms with van der Waals surface area (Å²) in [5.74, 6) is -1.34. The number of carbonyl (C=O) groups excluding carboxylic acids is 2. The predicted octanol–water partition coefficient (Wildman–Crippen LogP) is 3.03. The quantitative estimate of drug-likeness (QED) is 0.816. The molecule has 5 rings (SSSR count). The van der Waals surface area contributed by atoms with Crippen LogP contribution in [0.3, 0.4) is 0 Å². The van der Waals surface area contributed by atoms with Crippen LogP contribution in [-0.2, 0) is 11.3 Å². The highest BCUT2D eigenvalue weighted by molar-refractivity contribution is 5.95. The number of amides is 3. The summed E-state index contributed by atoms with van der Waals surface area (Å²) < 4.78 is 32.9. The number of hydrogen-bond donors (Lipinski definition) is 1. The molecule has 3 amide bonds. The molecule has 2 bridgehead atoms. The lowest BCUT2D eigenvalue weighted by molar-refractivity contribution is -0.132. The zero-order chi connectivity index (χ0) is 21.7. The number of likely N-dealkylation sites (tertiary alicyclic amines) is 1. The van der Waals surface area contributed by atoms with Crippen LogP contribution in [0, 0.1) is 17.6 Å². The molecule has 0 unspecified atom stereocenters. The van der Waals surface area contributed by atoms with E-state index in [1.807, 2.05) is 12.1 Å². The van der Waals surface area contributed by atoms with Crippen molar-refractivity contribution in [1.82, 2.24) is 14.8 Å². The number of methoxy groups -OCH3 is 1. The highest BCUT2D eigenvalue weighted by atomic mass is 19.2. The minimum absolute atomic E-state index is 0.0401. The Kier molecular flexibility index (Phi) is 4.60. The standard InChI is InChI=1S/C22H20F2N4O3/c1-31-13-2-4-17(25-8-13)14-6-12-7-19(14)28(9-12)20(29)11-27-10-15-18(26-22(27)30)5-3-16(23)21(15)24/h2-6,8,12,19H,7,9-11H2,1H3,(H,26,30)/t12-,19-/m0/s1. The van der Waals surface area contributed by atoms with E-state index >= 15 is 0 Å². The Bertz CT molecular complexity index is 1100. The van der Waals surface area contributed by atoms with Gasteiger partial charge in [-0.2, -0.15) is 0 Å². The van der Waals surface area contributed by atoms with E-state index in [0.717, 1.165) is 23.8 Å². The summed E-state index contributed by atoms with van der Waals surface area (Å²) in [5, 5.41) is 2.53. The third-order valence-corrected chi connectivity index (χ3v) is 6.10. The van der Waals surface area contributed by atoms with Crippen LogP contribution >= 0.6 is 0 Å². The third-order valence-electron chi connectivity index (χ3n) is 6.10. The molecule has 1 fully saturated rings. The summed E-state index contributed by atoms with van der Waals surface area (Å²) in [7, 11) is 1.57. The first-order chi connectivity index (χ1) is 14.9. The number of nitrogens with one attached hydrogen (secondary N) is 1. The van der Waals surface area contributed by atoms with Crippen molar-refractivity contribution < 1.29 is 23.1 Å². The van der Waals surface area contributed by atoms with Crippen LogP contribution in [0.15, 0.2) is 36.5 Å². The van der Waals surface area contributed by atoms with Gasteiger partial charge in [-0.25, -0.2) is 13.6 Å². The number of fused-ring (bicyclic) bond motifs is 3. The predicted molar refractivity (Wildman–Crippen MR) is 108 cm³/mol. The fourth-order valence-corrected chi connectivity index (χ4v) is 4.56. The number of carbonyl (C=O) groups is 2. The third kappa shape index (κ3) is 3.30. The summed E-state index contributed by atoms with van der Waals surface area (Å²) >= 11 is 0. The summed E-state index contributed by atoms with van der Waals surface area (Å²) in [6.45, 7) is 0.188. The molecule has 1 aromatic heterocycles. The average Bonchev–Trinajstić information content (AvgIpc) is 3.39. The fraction of sp³-hybridized carbons (Fsp3) is 0.318. The highest BCUT2D eigenvalue weighted by Gasteiger charge is 2.43. The van der Waals surface area contributed by atoms with E-state index in [1.54, 1.807) is 18.2 Å². The van der Waals surface area contributed by atoms with Crippen molar-refractivity contribution in [3.8, 4) is 5.75 Å². The van der Waals surface area contributed by atoms with E-state index in [-0.39, 0.29) is 42.2 Å². The molecule has 2 aromatic rings. The Labute approximate surface area is 177 Å². The van der Waals surface area contributed by atoms with Crippen molar-refractivity contribution in [2.24, 2.45) is 5.92 Å². The smallest absolute Gasteiger partial charge is 0.322 e. The van der Waals surface area contributed by atoms with Crippen molar-refractivity contribution in [2.45, 2.75) is 19.0 Å². The number of ether oxygens (including phenoxy) is 1. The zero-order valence-electron chi connectivity index (χ0n) is 16.8. The molecule has 3 aliphatic rings. The Morgan fingerprint density at radius 3 is 2.84 bits per heavy atom. The normalized spacial score (nSPS) is 21.6. The maximum atomic E-state index is 14.2. The first-order valence-electron chi connectivity index (χ1n) is 9.99. The van der Waals surface area contributed by atoms with Gasteiger partial charge >= 0.3 is 6.03 Å². The van der Waals surface area contributed by atoms with E-state index in [9.17, 15) is 18.4 Å². The number of aromatic nitrogens is 1. The van der Waals surface area contributed by atoms with Gasteiger partial charge in [0, 0.05) is 12.1 Å². The SMILES string of the molecule is COc1ccc(C2=C[C@H]3C[C@@H]2N(C(=O)CN2Cc4c(ccc(F)c4F)NC2=O)C3)nc1. The monoisotopic (exact) mass is 426 g/mol. The minimum atomic E-state index is -1.01. The van der Waals surface area contributed by atoms with E-state index < -0.39 is 17.7 Å². The number of rotatable bonds is 4. The Morgan fingerprint density at radius 2 is 2.13 bits per heavy atom. The molecular weight excluding hydrogens is 406 g/mol. The lowest BCUT2D eigenvalue weighted by Crippen LogP contribution is -2.48. The van der Waals surface area contributed by atoms with Gasteiger partial charge in [0.05, 0.1) is 37.3 Å². The number of anilines is 1. The van der Waals surface area contributed by atoms with Crippen LogP contribution in [0.1, 0.15) is 17.7 Å². The van der Waals surface area contributed by atoms with Crippen molar-refractivity contribution >= 4 is 23.2 Å². The molecule has 2 aliphatic heterocycles. The molecule has 3 heterocycles. The number of benzene rings is 1. The van der Waals surface area contributed by atoms with E-state index in [1.165, 1.54) is 11.0 Å². The lowest BCUT2D eigenvalue weighted by Gasteiger charge is -2.33. The number of pyridine rings is 1. The molecule has 0 radical (unpaired) electrons. The Balaban J connectivity index is 1.31. The Hall–Kier alpha value is -3.49. The molecular formula is C22H20F2N4O3. The van der Waals surface area contributed by atoms with Crippen molar-refractivity contribution in [1.29, 1.82) is 0 Å². The topological polar surface area (TPSA) is 74.8 Å². The second-order valence-corrected chi connectivity index (χ2v) is 7.94. The molecule has 9 heteroatoms. The van der Waals surface area contributed by atoms with Gasteiger partial charge in [-0.05, 0) is 42.2 Å². The summed E-state index contributed by atoms with van der Waals surface area (Å²) in [5.41, 5.74) is 2.03. The lowest BCUT2D eigenvalue weighted by atomic mass is 10.0. The number of urea groups is 1. The van der Waals surface area contributed by atoms with Gasteiger partial charge in [0.2, 0.25) is 5.91 Å². The minimum Gasteiger partial charge on any atom is -0.495 e. The molecule has 2 atom stereocenters. The van der Waals surface area contributed by atoms with Crippen LogP contribution in [0.5, 0.6) is 5.75 Å². The molecule has 1 aliphatic carbocycles. The molecule has 1 saturated heterocycles. The average molecular weight is 426 g/mol. The molecule has 0 saturated carbocycles. The van der Waals surface area contributed by atoms with Crippen molar-refractivity contribution in [3.63, 3.8) is 0 Å². The highest BCUT2D eigenvalue weighted by Crippen LogP contribution is 2.41. The van der Waals surface area contributed by atoms with E-state index in [0.29, 0.717) is 12.3 Å². The Morgan fingerprint density at radius 1 is 1.29 bits per heavy atom. The van der Waals surface area contributed by atoms with Gasteiger partial charge in [-0.15, -0.1) is 0 Å². The summed E-state index contributed by atoms with van der Waals surface area (Å²) in [4.78, 5) is 32.8. The van der Waals surface area contributed by atoms with Crippen molar-refractivity contribution in [3.05, 3.63) is 59.4 Å². The largest absolute Gasteiger partial charge is 0.495 e. The molecule has 31 heavy (non-hydrogen) atoms. The second kappa shape index (κ2) is 7.33.